The summed E-state index contributed by atoms with van der Waals surface area (Å²) in [5, 5.41) is 20.0. The van der Waals surface area contributed by atoms with Gasteiger partial charge in [-0.2, -0.15) is 0 Å². The molecule has 0 unspecified atom stereocenters. The van der Waals surface area contributed by atoms with Gasteiger partial charge >= 0.3 is 0 Å². The van der Waals surface area contributed by atoms with Gasteiger partial charge < -0.3 is 21.1 Å². The molecule has 2 aromatic rings. The third-order valence-corrected chi connectivity index (χ3v) is 8.47. The second kappa shape index (κ2) is 8.94. The standard InChI is InChI=1S/C28H32Cl2FN3O3/c1-26(2,3)13-20-28(17-9-8-14(29)10-19(17)33-25(28)36)21(16-6-5-7-18(30)22(16)31)23(34-20)24(35)32-15-11-27(4,37)12-15/h5-10,15,20-21,23,34,37H,11-13H2,1-4H3,(H,32,35)(H,33,36)/t15?,20-,21-,23+,27?,28-/m0/s1. The van der Waals surface area contributed by atoms with Crippen molar-refractivity contribution in [2.75, 3.05) is 5.32 Å². The van der Waals surface area contributed by atoms with E-state index in [1.807, 2.05) is 0 Å². The fourth-order valence-corrected chi connectivity index (χ4v) is 6.90. The molecule has 2 aliphatic heterocycles. The Balaban J connectivity index is 1.69. The van der Waals surface area contributed by atoms with Gasteiger partial charge in [0.15, 0.2) is 0 Å². The minimum Gasteiger partial charge on any atom is -0.390 e. The van der Waals surface area contributed by atoms with Crippen LogP contribution in [0.3, 0.4) is 0 Å². The predicted molar refractivity (Wildman–Crippen MR) is 142 cm³/mol. The third-order valence-electron chi connectivity index (χ3n) is 7.94. The molecule has 198 valence electrons. The molecule has 1 aliphatic carbocycles. The van der Waals surface area contributed by atoms with Gasteiger partial charge in [0, 0.05) is 28.7 Å². The number of fused-ring (bicyclic) bond motifs is 2. The Morgan fingerprint density at radius 1 is 1.22 bits per heavy atom. The molecule has 0 radical (unpaired) electrons. The van der Waals surface area contributed by atoms with Crippen LogP contribution in [0.4, 0.5) is 10.1 Å². The van der Waals surface area contributed by atoms with Crippen molar-refractivity contribution in [3.05, 3.63) is 63.4 Å². The molecule has 1 saturated carbocycles. The van der Waals surface area contributed by atoms with Crippen LogP contribution in [0.1, 0.15) is 64.0 Å². The van der Waals surface area contributed by atoms with E-state index in [0.29, 0.717) is 35.5 Å². The van der Waals surface area contributed by atoms with Crippen LogP contribution in [0, 0.1) is 11.2 Å². The Kier molecular flexibility index (Phi) is 6.38. The first-order chi connectivity index (χ1) is 17.2. The molecule has 37 heavy (non-hydrogen) atoms. The molecule has 2 amide bonds. The Morgan fingerprint density at radius 3 is 2.57 bits per heavy atom. The lowest BCUT2D eigenvalue weighted by Crippen LogP contribution is -2.57. The molecule has 0 aromatic heterocycles. The van der Waals surface area contributed by atoms with Crippen LogP contribution in [-0.4, -0.2) is 40.6 Å². The average Bonchev–Trinajstić information content (AvgIpc) is 3.23. The molecule has 2 heterocycles. The van der Waals surface area contributed by atoms with Crippen molar-refractivity contribution in [3.63, 3.8) is 0 Å². The van der Waals surface area contributed by atoms with E-state index in [-0.39, 0.29) is 33.9 Å². The van der Waals surface area contributed by atoms with Crippen LogP contribution in [-0.2, 0) is 15.0 Å². The van der Waals surface area contributed by atoms with Gasteiger partial charge in [0.2, 0.25) is 11.8 Å². The first-order valence-corrected chi connectivity index (χ1v) is 13.3. The van der Waals surface area contributed by atoms with E-state index in [0.717, 1.165) is 0 Å². The molecule has 9 heteroatoms. The van der Waals surface area contributed by atoms with E-state index in [9.17, 15) is 14.7 Å². The number of hydrogen-bond acceptors (Lipinski definition) is 4. The molecule has 0 bridgehead atoms. The van der Waals surface area contributed by atoms with Crippen LogP contribution in [0.5, 0.6) is 0 Å². The second-order valence-electron chi connectivity index (χ2n) is 12.2. The van der Waals surface area contributed by atoms with Crippen molar-refractivity contribution in [3.8, 4) is 0 Å². The first-order valence-electron chi connectivity index (χ1n) is 12.6. The van der Waals surface area contributed by atoms with E-state index in [1.165, 1.54) is 6.07 Å². The van der Waals surface area contributed by atoms with Crippen LogP contribution in [0.15, 0.2) is 36.4 Å². The minimum atomic E-state index is -1.29. The summed E-state index contributed by atoms with van der Waals surface area (Å²) in [5.74, 6) is -2.18. The Hall–Kier alpha value is -2.19. The van der Waals surface area contributed by atoms with E-state index < -0.39 is 34.8 Å². The molecule has 1 spiro atoms. The fraction of sp³-hybridized carbons (Fsp3) is 0.500. The summed E-state index contributed by atoms with van der Waals surface area (Å²) in [5.41, 5.74) is -0.882. The highest BCUT2D eigenvalue weighted by Gasteiger charge is 2.66. The number of carbonyl (C=O) groups is 2. The van der Waals surface area contributed by atoms with Crippen molar-refractivity contribution < 1.29 is 19.1 Å². The smallest absolute Gasteiger partial charge is 0.238 e. The number of nitrogens with one attached hydrogen (secondary N) is 3. The Morgan fingerprint density at radius 2 is 1.92 bits per heavy atom. The Labute approximate surface area is 226 Å². The summed E-state index contributed by atoms with van der Waals surface area (Å²) in [6.07, 6.45) is 1.41. The maximum atomic E-state index is 15.7. The molecule has 5 rings (SSSR count). The minimum absolute atomic E-state index is 0.0733. The lowest BCUT2D eigenvalue weighted by Gasteiger charge is -2.42. The molecule has 1 saturated heterocycles. The molecular formula is C28H32Cl2FN3O3. The average molecular weight is 548 g/mol. The fourth-order valence-electron chi connectivity index (χ4n) is 6.55. The Bertz CT molecular complexity index is 1270. The van der Waals surface area contributed by atoms with E-state index in [1.54, 1.807) is 37.3 Å². The molecule has 2 fully saturated rings. The third kappa shape index (κ3) is 4.44. The zero-order chi connectivity index (χ0) is 26.9. The molecule has 3 aliphatic rings. The van der Waals surface area contributed by atoms with Gasteiger partial charge in [-0.1, -0.05) is 62.2 Å². The number of carbonyl (C=O) groups excluding carboxylic acids is 2. The number of rotatable bonds is 4. The molecule has 2 aromatic carbocycles. The monoisotopic (exact) mass is 547 g/mol. The normalized spacial score (nSPS) is 32.7. The summed E-state index contributed by atoms with van der Waals surface area (Å²) in [7, 11) is 0. The van der Waals surface area contributed by atoms with Crippen molar-refractivity contribution in [2.45, 2.75) is 82.0 Å². The highest BCUT2D eigenvalue weighted by molar-refractivity contribution is 6.31. The number of anilines is 1. The molecule has 4 atom stereocenters. The maximum Gasteiger partial charge on any atom is 0.238 e. The van der Waals surface area contributed by atoms with Gasteiger partial charge in [0.05, 0.1) is 16.7 Å². The van der Waals surface area contributed by atoms with Crippen molar-refractivity contribution in [2.24, 2.45) is 5.41 Å². The number of aliphatic hydroxyl groups is 1. The summed E-state index contributed by atoms with van der Waals surface area (Å²) >= 11 is 12.5. The van der Waals surface area contributed by atoms with Gasteiger partial charge in [-0.3, -0.25) is 9.59 Å². The lowest BCUT2D eigenvalue weighted by molar-refractivity contribution is -0.127. The summed E-state index contributed by atoms with van der Waals surface area (Å²) < 4.78 is 15.7. The van der Waals surface area contributed by atoms with Crippen LogP contribution >= 0.6 is 23.2 Å². The van der Waals surface area contributed by atoms with Crippen molar-refractivity contribution in [1.29, 1.82) is 0 Å². The van der Waals surface area contributed by atoms with Gasteiger partial charge in [0.25, 0.3) is 0 Å². The topological polar surface area (TPSA) is 90.5 Å². The lowest BCUT2D eigenvalue weighted by atomic mass is 9.62. The molecule has 4 N–H and O–H groups in total. The van der Waals surface area contributed by atoms with E-state index >= 15 is 4.39 Å². The van der Waals surface area contributed by atoms with Crippen LogP contribution < -0.4 is 16.0 Å². The number of benzene rings is 2. The summed E-state index contributed by atoms with van der Waals surface area (Å²) in [6.45, 7) is 7.93. The van der Waals surface area contributed by atoms with E-state index in [4.69, 9.17) is 23.2 Å². The SMILES string of the molecule is CC(C)(C)C[C@@H]1N[C@@H](C(=O)NC2CC(C)(O)C2)[C@H](c2cccc(Cl)c2F)[C@@]12C(=O)Nc1cc(Cl)ccc12. The molecule has 6 nitrogen and oxygen atoms in total. The predicted octanol–water partition coefficient (Wildman–Crippen LogP) is 4.91. The van der Waals surface area contributed by atoms with Crippen molar-refractivity contribution >= 4 is 40.7 Å². The van der Waals surface area contributed by atoms with Crippen LogP contribution in [0.25, 0.3) is 0 Å². The zero-order valence-electron chi connectivity index (χ0n) is 21.3. The number of hydrogen-bond donors (Lipinski definition) is 4. The van der Waals surface area contributed by atoms with Crippen molar-refractivity contribution in [1.82, 2.24) is 10.6 Å². The first kappa shape index (κ1) is 26.4. The quantitative estimate of drug-likeness (QED) is 0.437. The van der Waals surface area contributed by atoms with Crippen LogP contribution in [0.2, 0.25) is 10.0 Å². The largest absolute Gasteiger partial charge is 0.390 e. The van der Waals surface area contributed by atoms with Gasteiger partial charge in [-0.25, -0.2) is 4.39 Å². The second-order valence-corrected chi connectivity index (χ2v) is 13.0. The highest BCUT2D eigenvalue weighted by Crippen LogP contribution is 2.57. The summed E-state index contributed by atoms with van der Waals surface area (Å²) in [6, 6.07) is 8.29. The van der Waals surface area contributed by atoms with E-state index in [2.05, 4.69) is 36.7 Å². The van der Waals surface area contributed by atoms with Gasteiger partial charge in [-0.15, -0.1) is 0 Å². The number of halogens is 3. The van der Waals surface area contributed by atoms with Gasteiger partial charge in [-0.05, 0) is 60.9 Å². The zero-order valence-corrected chi connectivity index (χ0v) is 22.8. The maximum absolute atomic E-state index is 15.7. The number of amides is 2. The molecular weight excluding hydrogens is 516 g/mol. The summed E-state index contributed by atoms with van der Waals surface area (Å²) in [4.78, 5) is 27.9. The van der Waals surface area contributed by atoms with Gasteiger partial charge in [0.1, 0.15) is 11.2 Å². The highest BCUT2D eigenvalue weighted by atomic mass is 35.5.